The molecule has 0 radical (unpaired) electrons. The first-order valence-corrected chi connectivity index (χ1v) is 7.85. The fraction of sp³-hybridized carbons (Fsp3) is 0.125. The molecule has 0 saturated carbocycles. The van der Waals surface area contributed by atoms with E-state index in [2.05, 4.69) is 15.0 Å². The predicted molar refractivity (Wildman–Crippen MR) is 92.6 cm³/mol. The third-order valence-electron chi connectivity index (χ3n) is 3.62. The first kappa shape index (κ1) is 13.8. The lowest BCUT2D eigenvalue weighted by Gasteiger charge is -2.12. The molecular formula is C16H13N5OS. The van der Waals surface area contributed by atoms with Crippen LogP contribution in [0.5, 0.6) is 0 Å². The van der Waals surface area contributed by atoms with Crippen molar-refractivity contribution < 1.29 is 0 Å². The summed E-state index contributed by atoms with van der Waals surface area (Å²) in [5, 5.41) is 0.924. The quantitative estimate of drug-likeness (QED) is 0.567. The van der Waals surface area contributed by atoms with Gasteiger partial charge in [-0.3, -0.25) is 14.3 Å². The van der Waals surface area contributed by atoms with Crippen LogP contribution in [0.15, 0.2) is 47.9 Å². The van der Waals surface area contributed by atoms with Crippen LogP contribution >= 0.6 is 11.3 Å². The Labute approximate surface area is 135 Å². The van der Waals surface area contributed by atoms with Gasteiger partial charge >= 0.3 is 0 Å². The van der Waals surface area contributed by atoms with Gasteiger partial charge in [0.05, 0.1) is 22.8 Å². The number of aromatic nitrogens is 4. The first-order chi connectivity index (χ1) is 11.2. The highest BCUT2D eigenvalue weighted by molar-refractivity contribution is 7.25. The third kappa shape index (κ3) is 2.08. The second-order valence-corrected chi connectivity index (χ2v) is 6.37. The first-order valence-electron chi connectivity index (χ1n) is 7.03. The molecule has 0 bridgehead atoms. The highest BCUT2D eigenvalue weighted by atomic mass is 32.1. The largest absolute Gasteiger partial charge is 0.362 e. The van der Waals surface area contributed by atoms with E-state index in [1.54, 1.807) is 31.0 Å². The van der Waals surface area contributed by atoms with E-state index >= 15 is 0 Å². The van der Waals surface area contributed by atoms with Gasteiger partial charge < -0.3 is 4.90 Å². The van der Waals surface area contributed by atoms with Crippen molar-refractivity contribution in [2.24, 2.45) is 0 Å². The van der Waals surface area contributed by atoms with Crippen LogP contribution in [-0.4, -0.2) is 33.6 Å². The molecule has 4 rings (SSSR count). The molecule has 4 heterocycles. The van der Waals surface area contributed by atoms with Crippen molar-refractivity contribution in [3.05, 3.63) is 53.5 Å². The van der Waals surface area contributed by atoms with Gasteiger partial charge in [0.2, 0.25) is 0 Å². The lowest BCUT2D eigenvalue weighted by Crippen LogP contribution is -2.18. The summed E-state index contributed by atoms with van der Waals surface area (Å²) in [5.41, 5.74) is 1.32. The lowest BCUT2D eigenvalue weighted by molar-refractivity contribution is 0.957. The van der Waals surface area contributed by atoms with E-state index in [1.165, 1.54) is 15.9 Å². The highest BCUT2D eigenvalue weighted by Crippen LogP contribution is 2.35. The number of pyridine rings is 2. The maximum Gasteiger partial charge on any atom is 0.275 e. The van der Waals surface area contributed by atoms with Crippen molar-refractivity contribution in [3.63, 3.8) is 0 Å². The number of anilines is 1. The van der Waals surface area contributed by atoms with E-state index in [9.17, 15) is 4.79 Å². The van der Waals surface area contributed by atoms with Gasteiger partial charge in [0.25, 0.3) is 5.56 Å². The minimum Gasteiger partial charge on any atom is -0.362 e. The van der Waals surface area contributed by atoms with Crippen molar-refractivity contribution in [1.82, 2.24) is 19.5 Å². The minimum atomic E-state index is -0.0890. The van der Waals surface area contributed by atoms with Crippen LogP contribution in [0.3, 0.4) is 0 Å². The normalized spacial score (nSPS) is 11.2. The molecular weight excluding hydrogens is 310 g/mol. The fourth-order valence-electron chi connectivity index (χ4n) is 2.58. The minimum absolute atomic E-state index is 0.0890. The van der Waals surface area contributed by atoms with Crippen LogP contribution in [0.4, 0.5) is 5.82 Å². The molecule has 0 N–H and O–H groups in total. The van der Waals surface area contributed by atoms with E-state index in [-0.39, 0.29) is 5.56 Å². The van der Waals surface area contributed by atoms with E-state index < -0.39 is 0 Å². The Kier molecular flexibility index (Phi) is 3.09. The summed E-state index contributed by atoms with van der Waals surface area (Å²) in [4.78, 5) is 27.8. The Balaban J connectivity index is 2.08. The van der Waals surface area contributed by atoms with Crippen molar-refractivity contribution in [1.29, 1.82) is 0 Å². The number of fused-ring (bicyclic) bond motifs is 3. The van der Waals surface area contributed by atoms with Crippen molar-refractivity contribution >= 4 is 37.5 Å². The van der Waals surface area contributed by atoms with Crippen LogP contribution in [0, 0.1) is 0 Å². The van der Waals surface area contributed by atoms with Crippen molar-refractivity contribution in [2.75, 3.05) is 19.0 Å². The molecule has 0 aliphatic heterocycles. The smallest absolute Gasteiger partial charge is 0.275 e. The lowest BCUT2D eigenvalue weighted by atomic mass is 10.2. The van der Waals surface area contributed by atoms with Gasteiger partial charge in [0, 0.05) is 31.2 Å². The monoisotopic (exact) mass is 323 g/mol. The maximum absolute atomic E-state index is 12.9. The molecule has 23 heavy (non-hydrogen) atoms. The van der Waals surface area contributed by atoms with Crippen LogP contribution in [-0.2, 0) is 0 Å². The zero-order valence-electron chi connectivity index (χ0n) is 12.6. The Morgan fingerprint density at radius 2 is 2.04 bits per heavy atom. The topological polar surface area (TPSA) is 63.9 Å². The SMILES string of the molecule is CN(C)c1nccc2sc3c(=O)n(-c4cccnc4)cnc3c12. The van der Waals surface area contributed by atoms with Gasteiger partial charge in [-0.05, 0) is 18.2 Å². The van der Waals surface area contributed by atoms with Crippen LogP contribution in [0.1, 0.15) is 0 Å². The maximum atomic E-state index is 12.9. The van der Waals surface area contributed by atoms with E-state index in [0.717, 1.165) is 15.9 Å². The summed E-state index contributed by atoms with van der Waals surface area (Å²) >= 11 is 1.45. The van der Waals surface area contributed by atoms with Crippen LogP contribution < -0.4 is 10.5 Å². The second-order valence-electron chi connectivity index (χ2n) is 5.31. The fourth-order valence-corrected chi connectivity index (χ4v) is 3.65. The molecule has 0 fully saturated rings. The van der Waals surface area contributed by atoms with Crippen molar-refractivity contribution in [2.45, 2.75) is 0 Å². The number of nitrogens with zero attached hydrogens (tertiary/aromatic N) is 5. The highest BCUT2D eigenvalue weighted by Gasteiger charge is 2.16. The zero-order chi connectivity index (χ0) is 16.0. The molecule has 6 nitrogen and oxygen atoms in total. The summed E-state index contributed by atoms with van der Waals surface area (Å²) in [5.74, 6) is 0.819. The van der Waals surface area contributed by atoms with Gasteiger partial charge in [-0.2, -0.15) is 0 Å². The Hall–Kier alpha value is -2.80. The van der Waals surface area contributed by atoms with Crippen LogP contribution in [0.25, 0.3) is 26.0 Å². The molecule has 7 heteroatoms. The second kappa shape index (κ2) is 5.13. The molecule has 4 aromatic rings. The molecule has 0 aromatic carbocycles. The number of hydrogen-bond acceptors (Lipinski definition) is 6. The summed E-state index contributed by atoms with van der Waals surface area (Å²) in [6, 6.07) is 5.55. The Bertz CT molecular complexity index is 1070. The summed E-state index contributed by atoms with van der Waals surface area (Å²) in [7, 11) is 3.87. The van der Waals surface area contributed by atoms with Crippen LogP contribution in [0.2, 0.25) is 0 Å². The molecule has 0 aliphatic rings. The average molecular weight is 323 g/mol. The molecule has 114 valence electrons. The zero-order valence-corrected chi connectivity index (χ0v) is 13.4. The van der Waals surface area contributed by atoms with Gasteiger partial charge in [0.15, 0.2) is 0 Å². The summed E-state index contributed by atoms with van der Waals surface area (Å²) in [6.07, 6.45) is 6.64. The summed E-state index contributed by atoms with van der Waals surface area (Å²) in [6.45, 7) is 0. The molecule has 0 unspecified atom stereocenters. The molecule has 0 atom stereocenters. The molecule has 4 aromatic heterocycles. The van der Waals surface area contributed by atoms with Gasteiger partial charge in [-0.15, -0.1) is 11.3 Å². The third-order valence-corrected chi connectivity index (χ3v) is 4.75. The predicted octanol–water partition coefficient (Wildman–Crippen LogP) is 2.46. The van der Waals surface area contributed by atoms with Crippen molar-refractivity contribution in [3.8, 4) is 5.69 Å². The average Bonchev–Trinajstić information content (AvgIpc) is 2.95. The summed E-state index contributed by atoms with van der Waals surface area (Å²) < 4.78 is 3.16. The molecule has 0 amide bonds. The van der Waals surface area contributed by atoms with E-state index in [0.29, 0.717) is 15.9 Å². The molecule has 0 spiro atoms. The van der Waals surface area contributed by atoms with Gasteiger partial charge in [0.1, 0.15) is 16.8 Å². The Morgan fingerprint density at radius 1 is 1.17 bits per heavy atom. The van der Waals surface area contributed by atoms with Gasteiger partial charge in [-0.1, -0.05) is 0 Å². The van der Waals surface area contributed by atoms with Gasteiger partial charge in [-0.25, -0.2) is 9.97 Å². The number of hydrogen-bond donors (Lipinski definition) is 0. The molecule has 0 aliphatic carbocycles. The van der Waals surface area contributed by atoms with E-state index in [4.69, 9.17) is 0 Å². The number of rotatable bonds is 2. The molecule has 0 saturated heterocycles. The van der Waals surface area contributed by atoms with E-state index in [1.807, 2.05) is 31.1 Å². The number of thiophene rings is 1. The Morgan fingerprint density at radius 3 is 2.78 bits per heavy atom. The standard InChI is InChI=1S/C16H13N5OS/c1-20(2)15-12-11(5-7-18-15)23-14-13(12)19-9-21(16(14)22)10-4-3-6-17-8-10/h3-9H,1-2H3.